The highest BCUT2D eigenvalue weighted by Crippen LogP contribution is 2.37. The number of halogens is 6. The molecule has 0 aliphatic rings. The Bertz CT molecular complexity index is 727. The van der Waals surface area contributed by atoms with Crippen LogP contribution in [-0.4, -0.2) is 18.3 Å². The SMILES string of the molecule is O=C(NCCSCc1ccco1)Nc1cc(C(F)(F)F)cc(C(F)(F)F)c1. The third kappa shape index (κ3) is 6.74. The number of nitrogens with one attached hydrogen (secondary N) is 2. The number of furan rings is 1. The van der Waals surface area contributed by atoms with E-state index in [1.54, 1.807) is 12.1 Å². The maximum Gasteiger partial charge on any atom is 0.416 e. The van der Waals surface area contributed by atoms with Gasteiger partial charge in [-0.3, -0.25) is 0 Å². The van der Waals surface area contributed by atoms with Gasteiger partial charge in [-0.1, -0.05) is 0 Å². The number of carbonyl (C=O) groups is 1. The molecule has 0 fully saturated rings. The summed E-state index contributed by atoms with van der Waals surface area (Å²) < 4.78 is 81.7. The topological polar surface area (TPSA) is 54.3 Å². The van der Waals surface area contributed by atoms with Crippen LogP contribution in [0.5, 0.6) is 0 Å². The standard InChI is InChI=1S/C16H14F6N2O2S/c17-15(18,19)10-6-11(16(20,21)22)8-12(7-10)24-14(25)23-3-5-27-9-13-2-1-4-26-13/h1-2,4,6-8H,3,5,9H2,(H2,23,24,25). The van der Waals surface area contributed by atoms with Gasteiger partial charge in [-0.25, -0.2) is 4.79 Å². The highest BCUT2D eigenvalue weighted by Gasteiger charge is 2.37. The molecule has 0 bridgehead atoms. The van der Waals surface area contributed by atoms with E-state index >= 15 is 0 Å². The van der Waals surface area contributed by atoms with E-state index in [2.05, 4.69) is 5.32 Å². The van der Waals surface area contributed by atoms with Crippen LogP contribution in [0.3, 0.4) is 0 Å². The first-order valence-electron chi connectivity index (χ1n) is 7.50. The second-order valence-electron chi connectivity index (χ2n) is 5.31. The Kier molecular flexibility index (Phi) is 6.68. The van der Waals surface area contributed by atoms with Crippen LogP contribution in [0.2, 0.25) is 0 Å². The van der Waals surface area contributed by atoms with Gasteiger partial charge in [0.15, 0.2) is 0 Å². The average molecular weight is 412 g/mol. The normalized spacial score (nSPS) is 12.1. The van der Waals surface area contributed by atoms with Crippen LogP contribution in [0.15, 0.2) is 41.0 Å². The number of hydrogen-bond acceptors (Lipinski definition) is 3. The lowest BCUT2D eigenvalue weighted by Crippen LogP contribution is -2.30. The van der Waals surface area contributed by atoms with E-state index in [9.17, 15) is 31.1 Å². The summed E-state index contributed by atoms with van der Waals surface area (Å²) in [5.74, 6) is 1.79. The minimum atomic E-state index is -4.98. The molecule has 0 saturated heterocycles. The molecule has 0 unspecified atom stereocenters. The number of carbonyl (C=O) groups excluding carboxylic acids is 1. The highest BCUT2D eigenvalue weighted by molar-refractivity contribution is 7.98. The summed E-state index contributed by atoms with van der Waals surface area (Å²) in [6, 6.07) is 3.49. The molecule has 1 aromatic heterocycles. The molecule has 0 aliphatic carbocycles. The van der Waals surface area contributed by atoms with Crippen molar-refractivity contribution in [3.8, 4) is 0 Å². The number of alkyl halides is 6. The predicted octanol–water partition coefficient (Wildman–Crippen LogP) is 5.37. The molecule has 2 rings (SSSR count). The van der Waals surface area contributed by atoms with Crippen molar-refractivity contribution < 1.29 is 35.6 Å². The van der Waals surface area contributed by atoms with Gasteiger partial charge in [-0.05, 0) is 30.3 Å². The van der Waals surface area contributed by atoms with Gasteiger partial charge < -0.3 is 15.1 Å². The van der Waals surface area contributed by atoms with Crippen LogP contribution in [0.25, 0.3) is 0 Å². The summed E-state index contributed by atoms with van der Waals surface area (Å²) in [5.41, 5.74) is -3.60. The fourth-order valence-electron chi connectivity index (χ4n) is 2.01. The van der Waals surface area contributed by atoms with Crippen molar-refractivity contribution in [1.29, 1.82) is 0 Å². The molecule has 2 N–H and O–H groups in total. The number of anilines is 1. The number of urea groups is 1. The van der Waals surface area contributed by atoms with Crippen LogP contribution < -0.4 is 10.6 Å². The zero-order chi connectivity index (χ0) is 20.1. The molecule has 1 aromatic carbocycles. The molecule has 27 heavy (non-hydrogen) atoms. The predicted molar refractivity (Wildman–Crippen MR) is 88.3 cm³/mol. The van der Waals surface area contributed by atoms with Crippen LogP contribution in [0.1, 0.15) is 16.9 Å². The minimum absolute atomic E-state index is 0.00560. The van der Waals surface area contributed by atoms with Gasteiger partial charge in [0.2, 0.25) is 0 Å². The lowest BCUT2D eigenvalue weighted by molar-refractivity contribution is -0.143. The van der Waals surface area contributed by atoms with Gasteiger partial charge in [-0.2, -0.15) is 38.1 Å². The number of amides is 2. The van der Waals surface area contributed by atoms with E-state index in [1.807, 2.05) is 5.32 Å². The van der Waals surface area contributed by atoms with Crippen LogP contribution >= 0.6 is 11.8 Å². The maximum absolute atomic E-state index is 12.8. The number of thioether (sulfide) groups is 1. The first-order chi connectivity index (χ1) is 12.6. The van der Waals surface area contributed by atoms with E-state index in [0.29, 0.717) is 23.6 Å². The summed E-state index contributed by atoms with van der Waals surface area (Å²) in [4.78, 5) is 11.7. The summed E-state index contributed by atoms with van der Waals surface area (Å²) in [7, 11) is 0. The zero-order valence-corrected chi connectivity index (χ0v) is 14.4. The Morgan fingerprint density at radius 3 is 2.19 bits per heavy atom. The van der Waals surface area contributed by atoms with Crippen LogP contribution in [0, 0.1) is 0 Å². The lowest BCUT2D eigenvalue weighted by atomic mass is 10.1. The van der Waals surface area contributed by atoms with Gasteiger partial charge in [0.05, 0.1) is 23.1 Å². The highest BCUT2D eigenvalue weighted by atomic mass is 32.2. The molecule has 0 spiro atoms. The van der Waals surface area contributed by atoms with Crippen LogP contribution in [-0.2, 0) is 18.1 Å². The summed E-state index contributed by atoms with van der Waals surface area (Å²) >= 11 is 1.44. The molecule has 11 heteroatoms. The summed E-state index contributed by atoms with van der Waals surface area (Å²) in [6.07, 6.45) is -8.43. The first-order valence-corrected chi connectivity index (χ1v) is 8.65. The van der Waals surface area contributed by atoms with Gasteiger partial charge in [0.1, 0.15) is 5.76 Å². The first kappa shape index (κ1) is 21.0. The number of rotatable bonds is 6. The van der Waals surface area contributed by atoms with Crippen molar-refractivity contribution in [2.45, 2.75) is 18.1 Å². The molecule has 4 nitrogen and oxygen atoms in total. The van der Waals surface area contributed by atoms with E-state index in [4.69, 9.17) is 4.42 Å². The second kappa shape index (κ2) is 8.59. The second-order valence-corrected chi connectivity index (χ2v) is 6.41. The van der Waals surface area contributed by atoms with Crippen molar-refractivity contribution >= 4 is 23.5 Å². The van der Waals surface area contributed by atoms with Crippen LogP contribution in [0.4, 0.5) is 36.8 Å². The molecular formula is C16H14F6N2O2S. The quantitative estimate of drug-likeness (QED) is 0.495. The Morgan fingerprint density at radius 2 is 1.67 bits per heavy atom. The van der Waals surface area contributed by atoms with Crippen molar-refractivity contribution in [2.24, 2.45) is 0 Å². The van der Waals surface area contributed by atoms with E-state index in [0.717, 1.165) is 5.76 Å². The molecule has 1 heterocycles. The van der Waals surface area contributed by atoms with Gasteiger partial charge >= 0.3 is 18.4 Å². The van der Waals surface area contributed by atoms with Gasteiger partial charge in [0, 0.05) is 18.0 Å². The molecule has 2 aromatic rings. The molecular weight excluding hydrogens is 398 g/mol. The molecule has 148 valence electrons. The lowest BCUT2D eigenvalue weighted by Gasteiger charge is -2.15. The summed E-state index contributed by atoms with van der Waals surface area (Å²) in [5, 5.41) is 4.36. The van der Waals surface area contributed by atoms with Crippen molar-refractivity contribution in [1.82, 2.24) is 5.32 Å². The Morgan fingerprint density at radius 1 is 1.04 bits per heavy atom. The van der Waals surface area contributed by atoms with Gasteiger partial charge in [0.25, 0.3) is 0 Å². The third-order valence-corrected chi connectivity index (χ3v) is 4.18. The Balaban J connectivity index is 1.91. The van der Waals surface area contributed by atoms with E-state index in [1.165, 1.54) is 18.0 Å². The smallest absolute Gasteiger partial charge is 0.416 e. The van der Waals surface area contributed by atoms with Crippen molar-refractivity contribution in [3.63, 3.8) is 0 Å². The molecule has 2 amide bonds. The Labute approximate surface area is 154 Å². The zero-order valence-electron chi connectivity index (χ0n) is 13.6. The third-order valence-electron chi connectivity index (χ3n) is 3.20. The number of benzene rings is 1. The summed E-state index contributed by atoms with van der Waals surface area (Å²) in [6.45, 7) is 0.169. The molecule has 0 atom stereocenters. The molecule has 0 aliphatic heterocycles. The Hall–Kier alpha value is -2.30. The fourth-order valence-corrected chi connectivity index (χ4v) is 2.76. The largest absolute Gasteiger partial charge is 0.468 e. The number of hydrogen-bond donors (Lipinski definition) is 2. The minimum Gasteiger partial charge on any atom is -0.468 e. The fraction of sp³-hybridized carbons (Fsp3) is 0.312. The average Bonchev–Trinajstić information content (AvgIpc) is 3.06. The monoisotopic (exact) mass is 412 g/mol. The van der Waals surface area contributed by atoms with E-state index in [-0.39, 0.29) is 12.6 Å². The molecule has 0 saturated carbocycles. The maximum atomic E-state index is 12.8. The van der Waals surface area contributed by atoms with Crippen molar-refractivity contribution in [3.05, 3.63) is 53.5 Å². The molecule has 0 radical (unpaired) electrons. The van der Waals surface area contributed by atoms with E-state index < -0.39 is 35.2 Å². The van der Waals surface area contributed by atoms with Crippen molar-refractivity contribution in [2.75, 3.05) is 17.6 Å². The van der Waals surface area contributed by atoms with Gasteiger partial charge in [-0.15, -0.1) is 0 Å².